The zero-order valence-corrected chi connectivity index (χ0v) is 36.3. The van der Waals surface area contributed by atoms with Gasteiger partial charge < -0.3 is 0 Å². The molecule has 0 N–H and O–H groups in total. The Morgan fingerprint density at radius 2 is 0.769 bits per heavy atom. The largest absolute Gasteiger partial charge is 0.228 e. The summed E-state index contributed by atoms with van der Waals surface area (Å²) in [4.78, 5) is 10.5. The van der Waals surface area contributed by atoms with Crippen molar-refractivity contribution in [2.45, 2.75) is 19.3 Å². The molecule has 1 aromatic heterocycles. The molecule has 2 nitrogen and oxygen atoms in total. The number of hydrogen-bond acceptors (Lipinski definition) is 2. The number of aromatic nitrogens is 2. The van der Waals surface area contributed by atoms with Gasteiger partial charge in [-0.3, -0.25) is 0 Å². The van der Waals surface area contributed by atoms with Crippen LogP contribution in [0.1, 0.15) is 25.0 Å². The first kappa shape index (κ1) is 38.5. The van der Waals surface area contributed by atoms with Crippen molar-refractivity contribution in [1.82, 2.24) is 9.97 Å². The molecule has 0 amide bonds. The van der Waals surface area contributed by atoms with Crippen LogP contribution in [0, 0.1) is 0 Å². The second-order valence-corrected chi connectivity index (χ2v) is 17.7. The van der Waals surface area contributed by atoms with Gasteiger partial charge in [0.25, 0.3) is 0 Å². The Labute approximate surface area is 380 Å². The predicted molar refractivity (Wildman–Crippen MR) is 273 cm³/mol. The highest BCUT2D eigenvalue weighted by Gasteiger charge is 2.37. The summed E-state index contributed by atoms with van der Waals surface area (Å²) in [5, 5.41) is 4.78. The molecule has 1 aliphatic carbocycles. The van der Waals surface area contributed by atoms with Crippen LogP contribution >= 0.6 is 0 Å². The second-order valence-electron chi connectivity index (χ2n) is 17.7. The van der Waals surface area contributed by atoms with Gasteiger partial charge in [0, 0.05) is 22.1 Å². The van der Waals surface area contributed by atoms with Gasteiger partial charge in [-0.2, -0.15) is 0 Å². The number of nitrogens with zero attached hydrogens (tertiary/aromatic N) is 2. The van der Waals surface area contributed by atoms with Crippen LogP contribution in [-0.2, 0) is 5.41 Å². The molecule has 1 aliphatic rings. The Morgan fingerprint density at radius 3 is 1.55 bits per heavy atom. The van der Waals surface area contributed by atoms with Gasteiger partial charge in [-0.05, 0) is 119 Å². The maximum absolute atomic E-state index is 5.32. The van der Waals surface area contributed by atoms with E-state index in [1.165, 1.54) is 77.4 Å². The summed E-state index contributed by atoms with van der Waals surface area (Å²) in [6.07, 6.45) is 0. The highest BCUT2D eigenvalue weighted by Crippen LogP contribution is 2.53. The smallest absolute Gasteiger partial charge is 0.160 e. The lowest BCUT2D eigenvalue weighted by Gasteiger charge is -2.25. The van der Waals surface area contributed by atoms with E-state index in [0.29, 0.717) is 5.82 Å². The van der Waals surface area contributed by atoms with Crippen molar-refractivity contribution in [1.29, 1.82) is 0 Å². The lowest BCUT2D eigenvalue weighted by atomic mass is 9.78. The minimum absolute atomic E-state index is 0.162. The third-order valence-corrected chi connectivity index (χ3v) is 13.5. The molecule has 0 radical (unpaired) electrons. The molecule has 0 aliphatic heterocycles. The molecule has 2 heteroatoms. The molecule has 0 unspecified atom stereocenters. The topological polar surface area (TPSA) is 25.8 Å². The average Bonchev–Trinajstić information content (AvgIpc) is 3.61. The Hall–Kier alpha value is -8.20. The van der Waals surface area contributed by atoms with E-state index in [1.54, 1.807) is 0 Å². The molecule has 1 heterocycles. The van der Waals surface area contributed by atoms with Gasteiger partial charge in [-0.25, -0.2) is 9.97 Å². The summed E-state index contributed by atoms with van der Waals surface area (Å²) >= 11 is 0. The summed E-state index contributed by atoms with van der Waals surface area (Å²) in [6.45, 7) is 4.76. The van der Waals surface area contributed by atoms with Crippen LogP contribution in [0.4, 0.5) is 0 Å². The summed E-state index contributed by atoms with van der Waals surface area (Å²) in [6, 6.07) is 83.5. The van der Waals surface area contributed by atoms with Gasteiger partial charge in [-0.15, -0.1) is 0 Å². The molecule has 12 rings (SSSR count). The Morgan fingerprint density at radius 1 is 0.292 bits per heavy atom. The van der Waals surface area contributed by atoms with E-state index in [1.807, 2.05) is 6.07 Å². The molecule has 0 saturated heterocycles. The SMILES string of the molecule is CC1(C)c2ccccc2-c2cccc(-c3cc(-c4cccc5ccccc45)cc(-c4ccc(-c5cc(-c6cccc(-c7ccccc7)c6)nc(-c6ccccc6)n5)c5ccccc45)c3)c21. The van der Waals surface area contributed by atoms with Crippen LogP contribution in [-0.4, -0.2) is 9.97 Å². The van der Waals surface area contributed by atoms with Gasteiger partial charge in [0.05, 0.1) is 11.4 Å². The van der Waals surface area contributed by atoms with Gasteiger partial charge in [0.1, 0.15) is 0 Å². The number of hydrogen-bond donors (Lipinski definition) is 0. The highest BCUT2D eigenvalue weighted by atomic mass is 14.9. The first-order valence-corrected chi connectivity index (χ1v) is 22.5. The first-order chi connectivity index (χ1) is 32.0. The summed E-state index contributed by atoms with van der Waals surface area (Å²) in [7, 11) is 0. The average molecular weight is 829 g/mol. The summed E-state index contributed by atoms with van der Waals surface area (Å²) in [5.41, 5.74) is 19.7. The standard InChI is InChI=1S/C63H44N2/c1-63(2)58-33-14-13-29-55(58)57-32-17-31-52(61(57)63)48-38-46(50-30-16-23-42-20-9-10-26-49(42)50)37-47(39-48)51-34-35-56(54-28-12-11-27-53(51)54)60-40-59(64-62(65-60)43-21-7-4-8-22-43)45-25-15-24-44(36-45)41-18-5-3-6-19-41/h3-40H,1-2H3. The van der Waals surface area contributed by atoms with E-state index in [9.17, 15) is 0 Å². The second kappa shape index (κ2) is 15.6. The zero-order chi connectivity index (χ0) is 43.5. The fraction of sp³-hybridized carbons (Fsp3) is 0.0476. The van der Waals surface area contributed by atoms with Crippen LogP contribution in [0.15, 0.2) is 231 Å². The van der Waals surface area contributed by atoms with Gasteiger partial charge in [0.2, 0.25) is 0 Å². The van der Waals surface area contributed by atoms with Crippen molar-refractivity contribution in [3.8, 4) is 89.5 Å². The Balaban J connectivity index is 1.06. The minimum Gasteiger partial charge on any atom is -0.228 e. The van der Waals surface area contributed by atoms with Gasteiger partial charge in [0.15, 0.2) is 5.82 Å². The zero-order valence-electron chi connectivity index (χ0n) is 36.3. The predicted octanol–water partition coefficient (Wildman–Crippen LogP) is 16.8. The van der Waals surface area contributed by atoms with E-state index < -0.39 is 0 Å². The highest BCUT2D eigenvalue weighted by molar-refractivity contribution is 6.06. The Kier molecular flexibility index (Phi) is 9.21. The maximum Gasteiger partial charge on any atom is 0.160 e. The Bertz CT molecular complexity index is 3620. The molecule has 0 saturated carbocycles. The lowest BCUT2D eigenvalue weighted by molar-refractivity contribution is 0.662. The molecule has 306 valence electrons. The quantitative estimate of drug-likeness (QED) is 0.160. The number of benzene rings is 10. The van der Waals surface area contributed by atoms with Crippen LogP contribution in [0.5, 0.6) is 0 Å². The van der Waals surface area contributed by atoms with E-state index >= 15 is 0 Å². The number of rotatable bonds is 7. The minimum atomic E-state index is -0.162. The van der Waals surface area contributed by atoms with Crippen LogP contribution in [0.25, 0.3) is 111 Å². The molecule has 0 bridgehead atoms. The molecular formula is C63H44N2. The molecule has 0 fully saturated rings. The summed E-state index contributed by atoms with van der Waals surface area (Å²) < 4.78 is 0. The molecule has 11 aromatic rings. The molecular weight excluding hydrogens is 785 g/mol. The molecule has 65 heavy (non-hydrogen) atoms. The van der Waals surface area contributed by atoms with Crippen molar-refractivity contribution < 1.29 is 0 Å². The van der Waals surface area contributed by atoms with E-state index in [0.717, 1.165) is 39.0 Å². The monoisotopic (exact) mass is 828 g/mol. The fourth-order valence-electron chi connectivity index (χ4n) is 10.4. The molecule has 0 spiro atoms. The van der Waals surface area contributed by atoms with Crippen LogP contribution < -0.4 is 0 Å². The van der Waals surface area contributed by atoms with Crippen LogP contribution in [0.3, 0.4) is 0 Å². The van der Waals surface area contributed by atoms with Crippen molar-refractivity contribution in [3.63, 3.8) is 0 Å². The first-order valence-electron chi connectivity index (χ1n) is 22.5. The van der Waals surface area contributed by atoms with Crippen molar-refractivity contribution in [3.05, 3.63) is 242 Å². The molecule has 0 atom stereocenters. The van der Waals surface area contributed by atoms with Crippen molar-refractivity contribution >= 4 is 21.5 Å². The van der Waals surface area contributed by atoms with E-state index in [-0.39, 0.29) is 5.41 Å². The number of fused-ring (bicyclic) bond motifs is 5. The van der Waals surface area contributed by atoms with E-state index in [2.05, 4.69) is 238 Å². The maximum atomic E-state index is 5.32. The lowest BCUT2D eigenvalue weighted by Crippen LogP contribution is -2.16. The van der Waals surface area contributed by atoms with Crippen molar-refractivity contribution in [2.24, 2.45) is 0 Å². The van der Waals surface area contributed by atoms with Gasteiger partial charge >= 0.3 is 0 Å². The summed E-state index contributed by atoms with van der Waals surface area (Å²) in [5.74, 6) is 0.698. The van der Waals surface area contributed by atoms with Crippen molar-refractivity contribution in [2.75, 3.05) is 0 Å². The van der Waals surface area contributed by atoms with Crippen LogP contribution in [0.2, 0.25) is 0 Å². The molecule has 10 aromatic carbocycles. The normalized spacial score (nSPS) is 12.6. The van der Waals surface area contributed by atoms with E-state index in [4.69, 9.17) is 9.97 Å². The third kappa shape index (κ3) is 6.65. The fourth-order valence-corrected chi connectivity index (χ4v) is 10.4. The van der Waals surface area contributed by atoms with Gasteiger partial charge in [-0.1, -0.05) is 214 Å². The third-order valence-electron chi connectivity index (χ3n) is 13.5.